The molecule has 24 heavy (non-hydrogen) atoms. The molecule has 1 aromatic carbocycles. The number of nitrogens with one attached hydrogen (secondary N) is 1. The van der Waals surface area contributed by atoms with E-state index < -0.39 is 0 Å². The summed E-state index contributed by atoms with van der Waals surface area (Å²) >= 11 is 1.29. The van der Waals surface area contributed by atoms with Crippen LogP contribution < -0.4 is 5.32 Å². The molecule has 1 N–H and O–H groups in total. The number of pyridine rings is 1. The molecular formula is C17H13FN4OS. The van der Waals surface area contributed by atoms with Crippen molar-refractivity contribution < 1.29 is 9.18 Å². The molecule has 2 heterocycles. The molecule has 5 nitrogen and oxygen atoms in total. The maximum absolute atomic E-state index is 13.0. The van der Waals surface area contributed by atoms with Gasteiger partial charge in [-0.1, -0.05) is 29.5 Å². The van der Waals surface area contributed by atoms with Gasteiger partial charge in [0.15, 0.2) is 5.01 Å². The lowest BCUT2D eigenvalue weighted by atomic mass is 10.1. The number of aromatic nitrogens is 3. The first-order valence-electron chi connectivity index (χ1n) is 7.52. The normalized spacial score (nSPS) is 19.0. The van der Waals surface area contributed by atoms with Crippen LogP contribution >= 0.6 is 11.3 Å². The van der Waals surface area contributed by atoms with Crippen LogP contribution in [0.15, 0.2) is 48.7 Å². The highest BCUT2D eigenvalue weighted by molar-refractivity contribution is 7.18. The van der Waals surface area contributed by atoms with Crippen LogP contribution in [0.4, 0.5) is 9.52 Å². The van der Waals surface area contributed by atoms with Crippen molar-refractivity contribution in [3.8, 4) is 10.7 Å². The third-order valence-corrected chi connectivity index (χ3v) is 4.83. The predicted molar refractivity (Wildman–Crippen MR) is 89.0 cm³/mol. The summed E-state index contributed by atoms with van der Waals surface area (Å²) in [7, 11) is 0. The molecule has 1 amide bonds. The highest BCUT2D eigenvalue weighted by Crippen LogP contribution is 2.48. The molecule has 0 radical (unpaired) electrons. The highest BCUT2D eigenvalue weighted by Gasteiger charge is 2.44. The first-order valence-corrected chi connectivity index (χ1v) is 8.33. The van der Waals surface area contributed by atoms with Gasteiger partial charge >= 0.3 is 0 Å². The van der Waals surface area contributed by atoms with Gasteiger partial charge in [-0.25, -0.2) is 4.39 Å². The molecule has 4 rings (SSSR count). The average Bonchev–Trinajstić information content (AvgIpc) is 3.28. The fourth-order valence-corrected chi connectivity index (χ4v) is 3.35. The second-order valence-corrected chi connectivity index (χ2v) is 6.59. The van der Waals surface area contributed by atoms with Crippen molar-refractivity contribution in [2.75, 3.05) is 5.32 Å². The Morgan fingerprint density at radius 2 is 2.00 bits per heavy atom. The van der Waals surface area contributed by atoms with Crippen molar-refractivity contribution >= 4 is 22.4 Å². The van der Waals surface area contributed by atoms with Gasteiger partial charge in [0.1, 0.15) is 11.5 Å². The van der Waals surface area contributed by atoms with E-state index in [9.17, 15) is 9.18 Å². The second kappa shape index (κ2) is 6.09. The van der Waals surface area contributed by atoms with Crippen LogP contribution in [-0.2, 0) is 4.79 Å². The Morgan fingerprint density at radius 3 is 2.75 bits per heavy atom. The smallest absolute Gasteiger partial charge is 0.229 e. The third-order valence-electron chi connectivity index (χ3n) is 3.96. The number of anilines is 1. The summed E-state index contributed by atoms with van der Waals surface area (Å²) in [6.45, 7) is 0. The van der Waals surface area contributed by atoms with Crippen molar-refractivity contribution in [1.29, 1.82) is 0 Å². The van der Waals surface area contributed by atoms with Crippen molar-refractivity contribution in [3.05, 3.63) is 60.0 Å². The molecule has 120 valence electrons. The Morgan fingerprint density at radius 1 is 1.17 bits per heavy atom. The summed E-state index contributed by atoms with van der Waals surface area (Å²) in [4.78, 5) is 16.5. The van der Waals surface area contributed by atoms with Crippen molar-refractivity contribution in [1.82, 2.24) is 15.2 Å². The van der Waals surface area contributed by atoms with Gasteiger partial charge in [0.2, 0.25) is 11.0 Å². The number of hydrogen-bond acceptors (Lipinski definition) is 5. The SMILES string of the molecule is O=C(Nc1nnc(-c2ccccn2)s1)[C@@H]1C[C@@H]1c1ccc(F)cc1. The van der Waals surface area contributed by atoms with Gasteiger partial charge in [-0.15, -0.1) is 10.2 Å². The predicted octanol–water partition coefficient (Wildman–Crippen LogP) is 3.48. The van der Waals surface area contributed by atoms with Crippen molar-refractivity contribution in [2.45, 2.75) is 12.3 Å². The summed E-state index contributed by atoms with van der Waals surface area (Å²) < 4.78 is 13.0. The first kappa shape index (κ1) is 14.9. The van der Waals surface area contributed by atoms with Gasteiger partial charge in [0.05, 0.1) is 0 Å². The summed E-state index contributed by atoms with van der Waals surface area (Å²) in [5.41, 5.74) is 1.72. The zero-order chi connectivity index (χ0) is 16.5. The van der Waals surface area contributed by atoms with Crippen molar-refractivity contribution in [2.24, 2.45) is 5.92 Å². The summed E-state index contributed by atoms with van der Waals surface area (Å²) in [5, 5.41) is 12.0. The zero-order valence-electron chi connectivity index (χ0n) is 12.5. The fourth-order valence-electron chi connectivity index (χ4n) is 2.63. The minimum atomic E-state index is -0.267. The molecule has 1 aliphatic rings. The highest BCUT2D eigenvalue weighted by atomic mass is 32.1. The van der Waals surface area contributed by atoms with E-state index >= 15 is 0 Å². The molecule has 2 aromatic heterocycles. The van der Waals surface area contributed by atoms with E-state index in [-0.39, 0.29) is 23.6 Å². The van der Waals surface area contributed by atoms with Crippen LogP contribution in [0.2, 0.25) is 0 Å². The topological polar surface area (TPSA) is 67.8 Å². The van der Waals surface area contributed by atoms with Gasteiger partial charge in [-0.2, -0.15) is 0 Å². The van der Waals surface area contributed by atoms with E-state index in [0.717, 1.165) is 17.7 Å². The minimum absolute atomic E-state index is 0.0759. The van der Waals surface area contributed by atoms with Gasteiger partial charge in [-0.3, -0.25) is 9.78 Å². The number of benzene rings is 1. The Hall–Kier alpha value is -2.67. The quantitative estimate of drug-likeness (QED) is 0.789. The van der Waals surface area contributed by atoms with Crippen LogP contribution in [0.5, 0.6) is 0 Å². The maximum Gasteiger partial charge on any atom is 0.229 e. The zero-order valence-corrected chi connectivity index (χ0v) is 13.3. The van der Waals surface area contributed by atoms with E-state index in [2.05, 4.69) is 20.5 Å². The average molecular weight is 340 g/mol. The van der Waals surface area contributed by atoms with E-state index in [1.165, 1.54) is 23.5 Å². The molecule has 0 saturated heterocycles. The van der Waals surface area contributed by atoms with E-state index in [4.69, 9.17) is 0 Å². The third kappa shape index (κ3) is 3.03. The minimum Gasteiger partial charge on any atom is -0.300 e. The lowest BCUT2D eigenvalue weighted by Crippen LogP contribution is -2.14. The van der Waals surface area contributed by atoms with E-state index in [1.807, 2.05) is 18.2 Å². The van der Waals surface area contributed by atoms with Gasteiger partial charge in [0.25, 0.3) is 0 Å². The standard InChI is InChI=1S/C17H13FN4OS/c18-11-6-4-10(5-7-11)12-9-13(12)15(23)20-17-22-21-16(24-17)14-3-1-2-8-19-14/h1-8,12-13H,9H2,(H,20,22,23)/t12-,13-/m1/s1. The molecule has 1 aliphatic carbocycles. The Bertz CT molecular complexity index is 866. The molecular weight excluding hydrogens is 327 g/mol. The monoisotopic (exact) mass is 340 g/mol. The molecule has 3 aromatic rings. The van der Waals surface area contributed by atoms with Crippen LogP contribution in [0.3, 0.4) is 0 Å². The number of halogens is 1. The van der Waals surface area contributed by atoms with Crippen LogP contribution in [0.25, 0.3) is 10.7 Å². The molecule has 7 heteroatoms. The summed E-state index contributed by atoms with van der Waals surface area (Å²) in [6.07, 6.45) is 2.45. The number of carbonyl (C=O) groups excluding carboxylic acids is 1. The Balaban J connectivity index is 1.41. The van der Waals surface area contributed by atoms with Crippen LogP contribution in [0, 0.1) is 11.7 Å². The largest absolute Gasteiger partial charge is 0.300 e. The lowest BCUT2D eigenvalue weighted by molar-refractivity contribution is -0.117. The maximum atomic E-state index is 13.0. The van der Waals surface area contributed by atoms with Gasteiger partial charge < -0.3 is 5.32 Å². The second-order valence-electron chi connectivity index (χ2n) is 5.62. The van der Waals surface area contributed by atoms with E-state index in [0.29, 0.717) is 10.1 Å². The summed E-state index contributed by atoms with van der Waals surface area (Å²) in [6, 6.07) is 11.9. The number of nitrogens with zero attached hydrogens (tertiary/aromatic N) is 3. The molecule has 0 aliphatic heterocycles. The Labute approximate surface area is 141 Å². The molecule has 1 saturated carbocycles. The van der Waals surface area contributed by atoms with Crippen molar-refractivity contribution in [3.63, 3.8) is 0 Å². The van der Waals surface area contributed by atoms with Crippen LogP contribution in [-0.4, -0.2) is 21.1 Å². The van der Waals surface area contributed by atoms with Gasteiger partial charge in [0, 0.05) is 12.1 Å². The molecule has 0 unspecified atom stereocenters. The number of carbonyl (C=O) groups is 1. The van der Waals surface area contributed by atoms with E-state index in [1.54, 1.807) is 18.3 Å². The Kier molecular flexibility index (Phi) is 3.78. The molecule has 2 atom stereocenters. The number of hydrogen-bond donors (Lipinski definition) is 1. The number of amides is 1. The summed E-state index contributed by atoms with van der Waals surface area (Å²) in [5.74, 6) is -0.296. The molecule has 1 fully saturated rings. The molecule has 0 bridgehead atoms. The van der Waals surface area contributed by atoms with Crippen LogP contribution in [0.1, 0.15) is 17.9 Å². The first-order chi connectivity index (χ1) is 11.7. The molecule has 0 spiro atoms. The fraction of sp³-hybridized carbons (Fsp3) is 0.176. The lowest BCUT2D eigenvalue weighted by Gasteiger charge is -2.01. The van der Waals surface area contributed by atoms with Gasteiger partial charge in [-0.05, 0) is 42.2 Å². The number of rotatable bonds is 4.